The van der Waals surface area contributed by atoms with Crippen molar-refractivity contribution in [1.82, 2.24) is 0 Å². The van der Waals surface area contributed by atoms with Gasteiger partial charge in [0, 0.05) is 4.90 Å². The summed E-state index contributed by atoms with van der Waals surface area (Å²) < 4.78 is 9.43. The number of nitrogens with two attached hydrogens (primary N) is 1. The minimum Gasteiger partial charge on any atom is -0.468 e. The fraction of sp³-hybridized carbons (Fsp3) is 0.333. The molecule has 1 rings (SSSR count). The summed E-state index contributed by atoms with van der Waals surface area (Å²) in [5.74, 6) is -0.663. The highest BCUT2D eigenvalue weighted by atomic mass is 32.2. The van der Waals surface area contributed by atoms with Gasteiger partial charge in [-0.3, -0.25) is 4.79 Å². The Balaban J connectivity index is 2.84. The molecule has 1 aromatic carbocycles. The van der Waals surface area contributed by atoms with E-state index in [4.69, 9.17) is 10.5 Å². The van der Waals surface area contributed by atoms with Gasteiger partial charge in [0.2, 0.25) is 0 Å². The normalized spacial score (nSPS) is 9.89. The smallest absolute Gasteiger partial charge is 0.340 e. The van der Waals surface area contributed by atoms with E-state index in [1.807, 2.05) is 0 Å². The second-order valence-corrected chi connectivity index (χ2v) is 4.32. The number of anilines is 1. The van der Waals surface area contributed by atoms with Gasteiger partial charge in [-0.2, -0.15) is 0 Å². The van der Waals surface area contributed by atoms with E-state index in [0.717, 1.165) is 0 Å². The number of carbonyl (C=O) groups is 2. The molecule has 0 aliphatic heterocycles. The van der Waals surface area contributed by atoms with Crippen LogP contribution >= 0.6 is 11.8 Å². The third-order valence-corrected chi connectivity index (χ3v) is 3.18. The van der Waals surface area contributed by atoms with Crippen molar-refractivity contribution < 1.29 is 19.1 Å². The molecule has 0 fully saturated rings. The first-order valence-electron chi connectivity index (χ1n) is 5.35. The lowest BCUT2D eigenvalue weighted by molar-refractivity contribution is -0.137. The van der Waals surface area contributed by atoms with Gasteiger partial charge in [0.25, 0.3) is 0 Å². The van der Waals surface area contributed by atoms with Crippen LogP contribution in [-0.4, -0.2) is 31.4 Å². The summed E-state index contributed by atoms with van der Waals surface area (Å²) >= 11 is 1.22. The average Bonchev–Trinajstić information content (AvgIpc) is 2.37. The number of ether oxygens (including phenoxy) is 2. The number of benzene rings is 1. The van der Waals surface area contributed by atoms with Crippen LogP contribution in [0.2, 0.25) is 0 Å². The van der Waals surface area contributed by atoms with Gasteiger partial charge in [0.1, 0.15) is 0 Å². The number of methoxy groups -OCH3 is 1. The first-order chi connectivity index (χ1) is 8.60. The molecular weight excluding hydrogens is 254 g/mol. The summed E-state index contributed by atoms with van der Waals surface area (Å²) in [6.45, 7) is 2.02. The van der Waals surface area contributed by atoms with Crippen LogP contribution in [0.3, 0.4) is 0 Å². The molecule has 0 atom stereocenters. The summed E-state index contributed by atoms with van der Waals surface area (Å²) in [6, 6.07) is 5.03. The second-order valence-electron chi connectivity index (χ2n) is 3.30. The molecular formula is C12H15NO4S. The van der Waals surface area contributed by atoms with Gasteiger partial charge >= 0.3 is 11.9 Å². The van der Waals surface area contributed by atoms with E-state index in [9.17, 15) is 9.59 Å². The Morgan fingerprint density at radius 3 is 2.72 bits per heavy atom. The Morgan fingerprint density at radius 2 is 2.11 bits per heavy atom. The number of carbonyl (C=O) groups excluding carboxylic acids is 2. The monoisotopic (exact) mass is 269 g/mol. The zero-order chi connectivity index (χ0) is 13.5. The van der Waals surface area contributed by atoms with Crippen LogP contribution in [0.25, 0.3) is 0 Å². The molecule has 0 amide bonds. The molecule has 1 aromatic rings. The van der Waals surface area contributed by atoms with Crippen molar-refractivity contribution in [2.75, 3.05) is 25.2 Å². The molecule has 6 heteroatoms. The molecule has 0 unspecified atom stereocenters. The van der Waals surface area contributed by atoms with Crippen LogP contribution in [0.15, 0.2) is 23.1 Å². The maximum absolute atomic E-state index is 11.6. The predicted molar refractivity (Wildman–Crippen MR) is 69.6 cm³/mol. The fourth-order valence-electron chi connectivity index (χ4n) is 1.25. The van der Waals surface area contributed by atoms with Gasteiger partial charge in [-0.15, -0.1) is 11.8 Å². The zero-order valence-electron chi connectivity index (χ0n) is 10.3. The minimum atomic E-state index is -0.462. The highest BCUT2D eigenvalue weighted by molar-refractivity contribution is 8.00. The maximum Gasteiger partial charge on any atom is 0.340 e. The van der Waals surface area contributed by atoms with Gasteiger partial charge in [-0.05, 0) is 19.1 Å². The van der Waals surface area contributed by atoms with Crippen molar-refractivity contribution in [3.8, 4) is 0 Å². The van der Waals surface area contributed by atoms with Gasteiger partial charge in [0.05, 0.1) is 30.7 Å². The number of rotatable bonds is 5. The van der Waals surface area contributed by atoms with Crippen LogP contribution in [-0.2, 0) is 14.3 Å². The predicted octanol–water partition coefficient (Wildman–Crippen LogP) is 1.71. The van der Waals surface area contributed by atoms with Crippen molar-refractivity contribution >= 4 is 29.4 Å². The molecule has 0 aliphatic rings. The van der Waals surface area contributed by atoms with Crippen molar-refractivity contribution in [3.63, 3.8) is 0 Å². The molecule has 0 saturated heterocycles. The first kappa shape index (κ1) is 14.4. The number of hydrogen-bond acceptors (Lipinski definition) is 6. The molecule has 18 heavy (non-hydrogen) atoms. The summed E-state index contributed by atoms with van der Waals surface area (Å²) in [7, 11) is 1.32. The molecule has 0 saturated carbocycles. The Morgan fingerprint density at radius 1 is 1.39 bits per heavy atom. The van der Waals surface area contributed by atoms with Gasteiger partial charge in [0.15, 0.2) is 0 Å². The molecule has 0 spiro atoms. The number of para-hydroxylation sites is 1. The Bertz CT molecular complexity index is 448. The highest BCUT2D eigenvalue weighted by Crippen LogP contribution is 2.28. The molecule has 0 heterocycles. The second kappa shape index (κ2) is 6.90. The van der Waals surface area contributed by atoms with Crippen LogP contribution in [0.1, 0.15) is 17.3 Å². The van der Waals surface area contributed by atoms with Crippen molar-refractivity contribution in [1.29, 1.82) is 0 Å². The summed E-state index contributed by atoms with van der Waals surface area (Å²) in [4.78, 5) is 23.3. The van der Waals surface area contributed by atoms with Gasteiger partial charge < -0.3 is 15.2 Å². The summed E-state index contributed by atoms with van der Waals surface area (Å²) in [5.41, 5.74) is 6.50. The van der Waals surface area contributed by atoms with E-state index >= 15 is 0 Å². The molecule has 0 aromatic heterocycles. The molecule has 98 valence electrons. The minimum absolute atomic E-state index is 0.146. The lowest BCUT2D eigenvalue weighted by Gasteiger charge is -2.09. The Kier molecular flexibility index (Phi) is 5.51. The van der Waals surface area contributed by atoms with Crippen LogP contribution in [0, 0.1) is 0 Å². The van der Waals surface area contributed by atoms with Crippen LogP contribution in [0.4, 0.5) is 5.69 Å². The SMILES string of the molecule is CCOC(=O)c1cccc(SCC(=O)OC)c1N. The van der Waals surface area contributed by atoms with Crippen molar-refractivity contribution in [3.05, 3.63) is 23.8 Å². The average molecular weight is 269 g/mol. The summed E-state index contributed by atoms with van der Waals surface area (Å²) in [6.07, 6.45) is 0. The molecule has 0 radical (unpaired) electrons. The lowest BCUT2D eigenvalue weighted by atomic mass is 10.2. The summed E-state index contributed by atoms with van der Waals surface area (Å²) in [5, 5.41) is 0. The lowest BCUT2D eigenvalue weighted by Crippen LogP contribution is -2.09. The third kappa shape index (κ3) is 3.66. The van der Waals surface area contributed by atoms with E-state index in [0.29, 0.717) is 16.1 Å². The van der Waals surface area contributed by atoms with Gasteiger partial charge in [-0.1, -0.05) is 6.07 Å². The first-order valence-corrected chi connectivity index (χ1v) is 6.34. The highest BCUT2D eigenvalue weighted by Gasteiger charge is 2.14. The maximum atomic E-state index is 11.6. The topological polar surface area (TPSA) is 78.6 Å². The van der Waals surface area contributed by atoms with E-state index in [-0.39, 0.29) is 18.3 Å². The van der Waals surface area contributed by atoms with Crippen LogP contribution < -0.4 is 5.73 Å². The largest absolute Gasteiger partial charge is 0.468 e. The quantitative estimate of drug-likeness (QED) is 0.498. The Labute approximate surface area is 110 Å². The van der Waals surface area contributed by atoms with E-state index in [2.05, 4.69) is 4.74 Å². The van der Waals surface area contributed by atoms with Crippen molar-refractivity contribution in [2.24, 2.45) is 0 Å². The molecule has 5 nitrogen and oxygen atoms in total. The number of thioether (sulfide) groups is 1. The molecule has 2 N–H and O–H groups in total. The van der Waals surface area contributed by atoms with Gasteiger partial charge in [-0.25, -0.2) is 4.79 Å². The molecule has 0 bridgehead atoms. The van der Waals surface area contributed by atoms with E-state index in [1.165, 1.54) is 18.9 Å². The van der Waals surface area contributed by atoms with Crippen molar-refractivity contribution in [2.45, 2.75) is 11.8 Å². The number of esters is 2. The molecule has 0 aliphatic carbocycles. The standard InChI is InChI=1S/C12H15NO4S/c1-3-17-12(15)8-5-4-6-9(11(8)13)18-7-10(14)16-2/h4-6H,3,7,13H2,1-2H3. The zero-order valence-corrected chi connectivity index (χ0v) is 11.1. The van der Waals surface area contributed by atoms with Crippen LogP contribution in [0.5, 0.6) is 0 Å². The van der Waals surface area contributed by atoms with E-state index in [1.54, 1.807) is 25.1 Å². The Hall–Kier alpha value is -1.69. The third-order valence-electron chi connectivity index (χ3n) is 2.13. The number of nitrogen functional groups attached to an aromatic ring is 1. The number of hydrogen-bond donors (Lipinski definition) is 1. The fourth-order valence-corrected chi connectivity index (χ4v) is 2.08. The van der Waals surface area contributed by atoms with E-state index < -0.39 is 5.97 Å².